The number of hydrogen-bond acceptors (Lipinski definition) is 1. The van der Waals surface area contributed by atoms with Crippen LogP contribution in [-0.2, 0) is 0 Å². The van der Waals surface area contributed by atoms with Crippen molar-refractivity contribution in [2.75, 3.05) is 6.61 Å². The molecule has 2 unspecified atom stereocenters. The lowest BCUT2D eigenvalue weighted by atomic mass is 9.72. The number of ether oxygens (including phenoxy) is 1. The highest BCUT2D eigenvalue weighted by Gasteiger charge is 2.28. The van der Waals surface area contributed by atoms with Gasteiger partial charge in [-0.2, -0.15) is 4.39 Å². The Labute approximate surface area is 199 Å². The van der Waals surface area contributed by atoms with Crippen molar-refractivity contribution in [3.63, 3.8) is 0 Å². The average Bonchev–Trinajstić information content (AvgIpc) is 2.87. The van der Waals surface area contributed by atoms with E-state index < -0.39 is 11.6 Å². The minimum atomic E-state index is -0.840. The normalized spacial score (nSPS) is 32.7. The van der Waals surface area contributed by atoms with Gasteiger partial charge in [-0.25, -0.2) is 4.39 Å². The van der Waals surface area contributed by atoms with E-state index in [1.807, 2.05) is 0 Å². The van der Waals surface area contributed by atoms with Crippen LogP contribution in [0.25, 0.3) is 0 Å². The van der Waals surface area contributed by atoms with E-state index in [9.17, 15) is 8.78 Å². The molecule has 0 spiro atoms. The summed E-state index contributed by atoms with van der Waals surface area (Å²) in [6, 6.07) is 3.30. The highest BCUT2D eigenvalue weighted by molar-refractivity contribution is 5.33. The van der Waals surface area contributed by atoms with Crippen LogP contribution in [-0.4, -0.2) is 6.61 Å². The van der Waals surface area contributed by atoms with E-state index in [4.69, 9.17) is 4.74 Å². The SMILES string of the molecule is C=CC1CCC(C2C=CC(/C=C/C3CCC(c4ccc(OCC)c(F)c4F)CC3)CC2)CC1. The topological polar surface area (TPSA) is 9.23 Å². The van der Waals surface area contributed by atoms with Gasteiger partial charge < -0.3 is 4.74 Å². The van der Waals surface area contributed by atoms with Crippen molar-refractivity contribution in [1.82, 2.24) is 0 Å². The number of halogens is 2. The molecule has 0 N–H and O–H groups in total. The van der Waals surface area contributed by atoms with Crippen LogP contribution in [0, 0.1) is 41.2 Å². The summed E-state index contributed by atoms with van der Waals surface area (Å²) in [4.78, 5) is 0. The van der Waals surface area contributed by atoms with Crippen LogP contribution in [0.4, 0.5) is 8.78 Å². The van der Waals surface area contributed by atoms with Crippen molar-refractivity contribution >= 4 is 0 Å². The van der Waals surface area contributed by atoms with Crippen LogP contribution in [0.2, 0.25) is 0 Å². The van der Waals surface area contributed by atoms with E-state index in [0.29, 0.717) is 24.0 Å². The van der Waals surface area contributed by atoms with Gasteiger partial charge >= 0.3 is 0 Å². The van der Waals surface area contributed by atoms with E-state index in [1.54, 1.807) is 19.1 Å². The zero-order valence-electron chi connectivity index (χ0n) is 20.2. The summed E-state index contributed by atoms with van der Waals surface area (Å²) in [5, 5.41) is 0. The number of allylic oxidation sites excluding steroid dienone is 5. The molecular weight excluding hydrogens is 414 g/mol. The lowest BCUT2D eigenvalue weighted by molar-refractivity contribution is 0.235. The maximum absolute atomic E-state index is 14.6. The predicted molar refractivity (Wildman–Crippen MR) is 132 cm³/mol. The predicted octanol–water partition coefficient (Wildman–Crippen LogP) is 8.77. The first kappa shape index (κ1) is 24.2. The van der Waals surface area contributed by atoms with E-state index in [2.05, 4.69) is 37.0 Å². The molecule has 3 aliphatic carbocycles. The maximum atomic E-state index is 14.6. The number of benzene rings is 1. The smallest absolute Gasteiger partial charge is 0.200 e. The second-order valence-electron chi connectivity index (χ2n) is 10.4. The van der Waals surface area contributed by atoms with Crippen molar-refractivity contribution < 1.29 is 13.5 Å². The molecule has 2 atom stereocenters. The molecule has 1 aromatic carbocycles. The minimum absolute atomic E-state index is 0.0163. The fraction of sp³-hybridized carbons (Fsp3) is 0.600. The molecule has 180 valence electrons. The van der Waals surface area contributed by atoms with Crippen LogP contribution < -0.4 is 4.74 Å². The Kier molecular flexibility index (Phi) is 8.44. The van der Waals surface area contributed by atoms with Crippen molar-refractivity contribution in [2.24, 2.45) is 29.6 Å². The van der Waals surface area contributed by atoms with E-state index in [0.717, 1.165) is 43.4 Å². The van der Waals surface area contributed by atoms with Crippen LogP contribution >= 0.6 is 0 Å². The lowest BCUT2D eigenvalue weighted by Gasteiger charge is -2.34. The van der Waals surface area contributed by atoms with Gasteiger partial charge in [-0.1, -0.05) is 36.4 Å². The molecule has 2 fully saturated rings. The van der Waals surface area contributed by atoms with E-state index >= 15 is 0 Å². The maximum Gasteiger partial charge on any atom is 0.200 e. The average molecular weight is 455 g/mol. The first-order valence-corrected chi connectivity index (χ1v) is 13.2. The zero-order valence-corrected chi connectivity index (χ0v) is 20.2. The summed E-state index contributed by atoms with van der Waals surface area (Å²) in [5.41, 5.74) is 0.516. The molecular formula is C30H40F2O. The molecule has 3 heteroatoms. The molecule has 0 aromatic heterocycles. The van der Waals surface area contributed by atoms with Gasteiger partial charge in [0.2, 0.25) is 5.82 Å². The number of rotatable bonds is 7. The van der Waals surface area contributed by atoms with E-state index in [-0.39, 0.29) is 11.7 Å². The first-order chi connectivity index (χ1) is 16.1. The molecule has 0 saturated heterocycles. The molecule has 1 nitrogen and oxygen atoms in total. The molecule has 0 radical (unpaired) electrons. The van der Waals surface area contributed by atoms with Crippen molar-refractivity contribution in [1.29, 1.82) is 0 Å². The third-order valence-electron chi connectivity index (χ3n) is 8.41. The zero-order chi connectivity index (χ0) is 23.2. The largest absolute Gasteiger partial charge is 0.491 e. The Morgan fingerprint density at radius 2 is 1.58 bits per heavy atom. The fourth-order valence-electron chi connectivity index (χ4n) is 6.28. The number of hydrogen-bond donors (Lipinski definition) is 0. The fourth-order valence-corrected chi connectivity index (χ4v) is 6.28. The first-order valence-electron chi connectivity index (χ1n) is 13.2. The van der Waals surface area contributed by atoms with Crippen molar-refractivity contribution in [2.45, 2.75) is 77.0 Å². The standard InChI is InChI=1S/C30H40F2O/c1-3-21-7-13-24(14-8-21)25-15-9-22(10-16-25)5-6-23-11-17-26(18-12-23)27-19-20-28(33-4-2)30(32)29(27)31/h3,5-6,9,15,19-26H,1,4,7-8,10-14,16-18H2,2H3/b6-5+. The second-order valence-corrected chi connectivity index (χ2v) is 10.4. The minimum Gasteiger partial charge on any atom is -0.491 e. The van der Waals surface area contributed by atoms with Crippen LogP contribution in [0.1, 0.15) is 82.6 Å². The Hall–Kier alpha value is -1.90. The molecule has 0 heterocycles. The monoisotopic (exact) mass is 454 g/mol. The summed E-state index contributed by atoms with van der Waals surface area (Å²) >= 11 is 0. The summed E-state index contributed by atoms with van der Waals surface area (Å²) in [6.07, 6.45) is 23.7. The van der Waals surface area contributed by atoms with Gasteiger partial charge in [0.05, 0.1) is 6.61 Å². The highest BCUT2D eigenvalue weighted by atomic mass is 19.2. The molecule has 0 bridgehead atoms. The van der Waals surface area contributed by atoms with Crippen LogP contribution in [0.3, 0.4) is 0 Å². The second kappa shape index (κ2) is 11.5. The third kappa shape index (κ3) is 5.97. The van der Waals surface area contributed by atoms with Gasteiger partial charge in [-0.05, 0) is 118 Å². The molecule has 1 aromatic rings. The Balaban J connectivity index is 1.25. The van der Waals surface area contributed by atoms with E-state index in [1.165, 1.54) is 38.5 Å². The van der Waals surface area contributed by atoms with Gasteiger partial charge in [0.1, 0.15) is 0 Å². The quantitative estimate of drug-likeness (QED) is 0.374. The Bertz CT molecular complexity index is 841. The van der Waals surface area contributed by atoms with Gasteiger partial charge in [0.25, 0.3) is 0 Å². The van der Waals surface area contributed by atoms with Crippen LogP contribution in [0.15, 0.2) is 49.1 Å². The molecule has 0 aliphatic heterocycles. The Morgan fingerprint density at radius 1 is 0.848 bits per heavy atom. The van der Waals surface area contributed by atoms with Gasteiger partial charge in [-0.15, -0.1) is 6.58 Å². The highest BCUT2D eigenvalue weighted by Crippen LogP contribution is 2.41. The lowest BCUT2D eigenvalue weighted by Crippen LogP contribution is -2.22. The van der Waals surface area contributed by atoms with Gasteiger partial charge in [0, 0.05) is 0 Å². The molecule has 2 saturated carbocycles. The van der Waals surface area contributed by atoms with Crippen molar-refractivity contribution in [3.05, 3.63) is 66.3 Å². The third-order valence-corrected chi connectivity index (χ3v) is 8.41. The summed E-state index contributed by atoms with van der Waals surface area (Å²) in [7, 11) is 0. The van der Waals surface area contributed by atoms with Gasteiger partial charge in [0.15, 0.2) is 11.6 Å². The molecule has 3 aliphatic rings. The summed E-state index contributed by atoms with van der Waals surface area (Å²) < 4.78 is 34.0. The van der Waals surface area contributed by atoms with Gasteiger partial charge in [-0.3, -0.25) is 0 Å². The van der Waals surface area contributed by atoms with Crippen molar-refractivity contribution in [3.8, 4) is 5.75 Å². The molecule has 4 rings (SSSR count). The summed E-state index contributed by atoms with van der Waals surface area (Å²) in [5.74, 6) is 2.04. The van der Waals surface area contributed by atoms with Crippen LogP contribution in [0.5, 0.6) is 5.75 Å². The molecule has 33 heavy (non-hydrogen) atoms. The summed E-state index contributed by atoms with van der Waals surface area (Å²) in [6.45, 7) is 6.08. The Morgan fingerprint density at radius 3 is 2.21 bits per heavy atom. The molecule has 0 amide bonds.